The van der Waals surface area contributed by atoms with Gasteiger partial charge < -0.3 is 19.4 Å². The molecule has 3 unspecified atom stereocenters. The van der Waals surface area contributed by atoms with Crippen LogP contribution in [-0.2, 0) is 27.9 Å². The van der Waals surface area contributed by atoms with Crippen LogP contribution in [0.4, 0.5) is 0 Å². The van der Waals surface area contributed by atoms with Crippen molar-refractivity contribution in [3.8, 4) is 0 Å². The van der Waals surface area contributed by atoms with Crippen LogP contribution in [0.3, 0.4) is 0 Å². The third-order valence-corrected chi connectivity index (χ3v) is 14.6. The van der Waals surface area contributed by atoms with Gasteiger partial charge in [-0.05, 0) is 51.0 Å². The lowest BCUT2D eigenvalue weighted by atomic mass is 10.0. The molecule has 3 atom stereocenters. The van der Waals surface area contributed by atoms with E-state index >= 15 is 0 Å². The smallest absolute Gasteiger partial charge is 0.456 e. The molecule has 0 rings (SSSR count). The highest BCUT2D eigenvalue weighted by molar-refractivity contribution is 7.47. The van der Waals surface area contributed by atoms with Crippen molar-refractivity contribution in [1.29, 1.82) is 0 Å². The maximum atomic E-state index is 13.5. The lowest BCUT2D eigenvalue weighted by Crippen LogP contribution is -2.47. The number of quaternary nitrogens is 1. The lowest BCUT2D eigenvalue weighted by Gasteiger charge is -2.27. The number of phosphoric ester groups is 1. The summed E-state index contributed by atoms with van der Waals surface area (Å²) >= 11 is 0. The molecular weight excluding hydrogens is 892 g/mol. The Morgan fingerprint density at radius 3 is 1.26 bits per heavy atom. The zero-order chi connectivity index (χ0) is 51.5. The Labute approximate surface area is 434 Å². The average molecular weight is 1010 g/mol. The van der Waals surface area contributed by atoms with E-state index in [4.69, 9.17) is 13.8 Å². The summed E-state index contributed by atoms with van der Waals surface area (Å²) < 4.78 is 30.6. The predicted molar refractivity (Wildman–Crippen MR) is 300 cm³/mol. The number of carbonyl (C=O) groups excluding carboxylic acids is 2. The highest BCUT2D eigenvalue weighted by atomic mass is 31.2. The highest BCUT2D eigenvalue weighted by Crippen LogP contribution is 2.43. The number of carbonyl (C=O) groups is 2. The minimum atomic E-state index is -4.44. The Morgan fingerprint density at radius 1 is 0.486 bits per heavy atom. The number of amides is 1. The highest BCUT2D eigenvalue weighted by Gasteiger charge is 2.30. The quantitative estimate of drug-likeness (QED) is 0.0205. The van der Waals surface area contributed by atoms with E-state index in [2.05, 4.69) is 38.2 Å². The summed E-state index contributed by atoms with van der Waals surface area (Å²) in [4.78, 5) is 37.6. The SMILES string of the molecule is CCCC/C=C\CCCCCCCC(=O)NC(COP(=O)(O)OCC[N+](C)(C)C)C(/C=C\CCCCCCCCCCCC)OC(=O)CCCCCCCCCCCCCCCCCCCCCCC. The monoisotopic (exact) mass is 1010 g/mol. The maximum absolute atomic E-state index is 13.5. The van der Waals surface area contributed by atoms with Gasteiger partial charge in [-0.1, -0.05) is 257 Å². The molecule has 0 spiro atoms. The largest absolute Gasteiger partial charge is 0.472 e. The van der Waals surface area contributed by atoms with E-state index < -0.39 is 20.0 Å². The second kappa shape index (κ2) is 51.0. The van der Waals surface area contributed by atoms with Gasteiger partial charge >= 0.3 is 13.8 Å². The molecule has 0 aromatic rings. The number of unbranched alkanes of at least 4 members (excludes halogenated alkanes) is 37. The van der Waals surface area contributed by atoms with Gasteiger partial charge in [0.25, 0.3) is 0 Å². The number of phosphoric acid groups is 1. The van der Waals surface area contributed by atoms with Crippen molar-refractivity contribution in [2.45, 2.75) is 309 Å². The zero-order valence-corrected chi connectivity index (χ0v) is 48.2. The summed E-state index contributed by atoms with van der Waals surface area (Å²) in [6.07, 6.45) is 58.9. The number of nitrogens with one attached hydrogen (secondary N) is 1. The summed E-state index contributed by atoms with van der Waals surface area (Å²) in [7, 11) is 1.50. The standard InChI is InChI=1S/C60H117N2O7P/c1-7-10-13-16-19-22-25-27-28-29-30-31-32-33-34-35-38-41-44-47-50-53-60(64)69-58(51-48-45-42-39-37-26-23-20-17-14-11-8-2)57(56-68-70(65,66)67-55-54-62(4,5)6)61-59(63)52-49-46-43-40-36-24-21-18-15-12-9-3/h18,21,48,51,57-58H,7-17,19-20,22-47,49-50,52-56H2,1-6H3,(H-,61,63,65,66)/p+1/b21-18-,51-48-. The van der Waals surface area contributed by atoms with Crippen LogP contribution in [0.5, 0.6) is 0 Å². The van der Waals surface area contributed by atoms with E-state index in [1.165, 1.54) is 180 Å². The minimum Gasteiger partial charge on any atom is -0.456 e. The van der Waals surface area contributed by atoms with Crippen LogP contribution in [0.25, 0.3) is 0 Å². The molecule has 0 aromatic heterocycles. The first-order valence-electron chi connectivity index (χ1n) is 30.2. The molecule has 1 amide bonds. The van der Waals surface area contributed by atoms with E-state index in [-0.39, 0.29) is 25.1 Å². The van der Waals surface area contributed by atoms with Crippen LogP contribution in [0.2, 0.25) is 0 Å². The molecule has 0 fully saturated rings. The van der Waals surface area contributed by atoms with Crippen LogP contribution in [0.15, 0.2) is 24.3 Å². The maximum Gasteiger partial charge on any atom is 0.472 e. The van der Waals surface area contributed by atoms with Crippen molar-refractivity contribution in [3.63, 3.8) is 0 Å². The van der Waals surface area contributed by atoms with Crippen LogP contribution in [0, 0.1) is 0 Å². The number of allylic oxidation sites excluding steroid dienone is 3. The van der Waals surface area contributed by atoms with Crippen molar-refractivity contribution in [2.24, 2.45) is 0 Å². The third kappa shape index (κ3) is 51.4. The lowest BCUT2D eigenvalue weighted by molar-refractivity contribution is -0.870. The Hall–Kier alpha value is -1.51. The van der Waals surface area contributed by atoms with Crippen molar-refractivity contribution >= 4 is 19.7 Å². The number of nitrogens with zero attached hydrogens (tertiary/aromatic N) is 1. The van der Waals surface area contributed by atoms with Crippen molar-refractivity contribution in [1.82, 2.24) is 5.32 Å². The average Bonchev–Trinajstić information content (AvgIpc) is 3.32. The Bertz CT molecular complexity index is 1250. The van der Waals surface area contributed by atoms with Crippen LogP contribution >= 0.6 is 7.82 Å². The first-order chi connectivity index (χ1) is 33.9. The van der Waals surface area contributed by atoms with E-state index in [0.717, 1.165) is 83.5 Å². The summed E-state index contributed by atoms with van der Waals surface area (Å²) in [6.45, 7) is 7.00. The van der Waals surface area contributed by atoms with E-state index in [1.807, 2.05) is 33.3 Å². The van der Waals surface area contributed by atoms with Gasteiger partial charge in [0.15, 0.2) is 0 Å². The van der Waals surface area contributed by atoms with Gasteiger partial charge in [-0.3, -0.25) is 18.6 Å². The van der Waals surface area contributed by atoms with Gasteiger partial charge in [-0.25, -0.2) is 4.57 Å². The number of hydrogen-bond donors (Lipinski definition) is 2. The summed E-state index contributed by atoms with van der Waals surface area (Å²) in [6, 6.07) is -0.845. The molecule has 9 nitrogen and oxygen atoms in total. The molecule has 414 valence electrons. The first-order valence-corrected chi connectivity index (χ1v) is 31.7. The van der Waals surface area contributed by atoms with Crippen molar-refractivity contribution in [2.75, 3.05) is 40.9 Å². The third-order valence-electron chi connectivity index (χ3n) is 13.6. The summed E-state index contributed by atoms with van der Waals surface area (Å²) in [5.41, 5.74) is 0. The molecular formula is C60H118N2O7P+. The van der Waals surface area contributed by atoms with E-state index in [1.54, 1.807) is 0 Å². The van der Waals surface area contributed by atoms with Gasteiger partial charge in [-0.15, -0.1) is 0 Å². The first kappa shape index (κ1) is 68.5. The van der Waals surface area contributed by atoms with Crippen LogP contribution < -0.4 is 5.32 Å². The number of hydrogen-bond acceptors (Lipinski definition) is 6. The van der Waals surface area contributed by atoms with Crippen LogP contribution in [0.1, 0.15) is 297 Å². The minimum absolute atomic E-state index is 0.0418. The van der Waals surface area contributed by atoms with Crippen molar-refractivity contribution < 1.29 is 37.3 Å². The molecule has 0 aromatic carbocycles. The Morgan fingerprint density at radius 2 is 0.843 bits per heavy atom. The van der Waals surface area contributed by atoms with Gasteiger partial charge in [0.2, 0.25) is 5.91 Å². The van der Waals surface area contributed by atoms with Crippen molar-refractivity contribution in [3.05, 3.63) is 24.3 Å². The summed E-state index contributed by atoms with van der Waals surface area (Å²) in [5.74, 6) is -0.503. The molecule has 10 heteroatoms. The number of rotatable bonds is 55. The normalized spacial score (nSPS) is 13.9. The fourth-order valence-electron chi connectivity index (χ4n) is 8.92. The van der Waals surface area contributed by atoms with E-state index in [0.29, 0.717) is 23.9 Å². The molecule has 0 radical (unpaired) electrons. The van der Waals surface area contributed by atoms with Gasteiger partial charge in [0.05, 0.1) is 33.8 Å². The van der Waals surface area contributed by atoms with Gasteiger partial charge in [-0.2, -0.15) is 0 Å². The fraction of sp³-hybridized carbons (Fsp3) is 0.900. The Kier molecular flexibility index (Phi) is 49.9. The molecule has 0 aliphatic rings. The number of likely N-dealkylation sites (N-methyl/N-ethyl adjacent to an activating group) is 1. The number of ether oxygens (including phenoxy) is 1. The van der Waals surface area contributed by atoms with E-state index in [9.17, 15) is 19.0 Å². The fourth-order valence-corrected chi connectivity index (χ4v) is 9.66. The Balaban J connectivity index is 5.15. The second-order valence-electron chi connectivity index (χ2n) is 21.9. The molecule has 0 aliphatic heterocycles. The molecule has 0 saturated heterocycles. The zero-order valence-electron chi connectivity index (χ0n) is 47.3. The topological polar surface area (TPSA) is 111 Å². The van der Waals surface area contributed by atoms with Crippen LogP contribution in [-0.4, -0.2) is 74.3 Å². The molecule has 2 N–H and O–H groups in total. The predicted octanol–water partition coefficient (Wildman–Crippen LogP) is 18.2. The molecule has 0 heterocycles. The van der Waals surface area contributed by atoms with Gasteiger partial charge in [0.1, 0.15) is 19.3 Å². The molecule has 0 aliphatic carbocycles. The van der Waals surface area contributed by atoms with Gasteiger partial charge in [0, 0.05) is 12.8 Å². The number of esters is 1. The molecule has 0 bridgehead atoms. The molecule has 0 saturated carbocycles. The summed E-state index contributed by atoms with van der Waals surface area (Å²) in [5, 5.41) is 3.04. The second-order valence-corrected chi connectivity index (χ2v) is 23.3. The molecule has 70 heavy (non-hydrogen) atoms.